The number of amides is 4. The molecular formula is C40H54N4O8S. The Morgan fingerprint density at radius 3 is 2.38 bits per heavy atom. The van der Waals surface area contributed by atoms with Gasteiger partial charge in [0.1, 0.15) is 29.5 Å². The minimum absolute atomic E-state index is 0.0572. The first kappa shape index (κ1) is 38.6. The molecule has 6 rings (SSSR count). The number of benzene rings is 2. The van der Waals surface area contributed by atoms with Crippen molar-refractivity contribution in [2.75, 3.05) is 13.2 Å². The van der Waals surface area contributed by atoms with Crippen LogP contribution in [0, 0.1) is 11.3 Å². The van der Waals surface area contributed by atoms with Crippen LogP contribution in [0.2, 0.25) is 0 Å². The number of sulfonamides is 1. The molecule has 2 aliphatic carbocycles. The predicted molar refractivity (Wildman–Crippen MR) is 200 cm³/mol. The van der Waals surface area contributed by atoms with Crippen molar-refractivity contribution < 1.29 is 37.1 Å². The van der Waals surface area contributed by atoms with Crippen molar-refractivity contribution in [2.24, 2.45) is 11.3 Å². The van der Waals surface area contributed by atoms with E-state index >= 15 is 0 Å². The Balaban J connectivity index is 1.32. The number of hydrogen-bond donors (Lipinski definition) is 3. The predicted octanol–water partition coefficient (Wildman–Crippen LogP) is 5.24. The van der Waals surface area contributed by atoms with Gasteiger partial charge in [-0.15, -0.1) is 0 Å². The fraction of sp³-hybridized carbons (Fsp3) is 0.600. The Morgan fingerprint density at radius 1 is 0.981 bits per heavy atom. The van der Waals surface area contributed by atoms with Crippen LogP contribution in [0.15, 0.2) is 48.5 Å². The second-order valence-electron chi connectivity index (χ2n) is 16.2. The van der Waals surface area contributed by atoms with Gasteiger partial charge in [0.15, 0.2) is 0 Å². The van der Waals surface area contributed by atoms with E-state index in [1.54, 1.807) is 0 Å². The molecule has 0 radical (unpaired) electrons. The van der Waals surface area contributed by atoms with Crippen LogP contribution in [-0.4, -0.2) is 79.3 Å². The number of fused-ring (bicyclic) bond motifs is 3. The molecule has 1 saturated heterocycles. The third kappa shape index (κ3) is 8.99. The first-order valence-electron chi connectivity index (χ1n) is 19.2. The summed E-state index contributed by atoms with van der Waals surface area (Å²) in [4.78, 5) is 56.9. The second-order valence-corrected chi connectivity index (χ2v) is 18.2. The summed E-state index contributed by atoms with van der Waals surface area (Å²) in [5.41, 5.74) is 0.894. The molecule has 0 unspecified atom stereocenters. The minimum Gasteiger partial charge on any atom is -0.488 e. The molecule has 2 saturated carbocycles. The maximum atomic E-state index is 14.6. The molecule has 4 amide bonds. The summed E-state index contributed by atoms with van der Waals surface area (Å²) in [5, 5.41) is 5.08. The maximum absolute atomic E-state index is 14.6. The second kappa shape index (κ2) is 15.7. The molecule has 0 spiro atoms. The highest BCUT2D eigenvalue weighted by Gasteiger charge is 2.62. The molecule has 2 heterocycles. The molecule has 13 heteroatoms. The van der Waals surface area contributed by atoms with Crippen molar-refractivity contribution in [1.29, 1.82) is 0 Å². The number of nitrogens with one attached hydrogen (secondary N) is 3. The van der Waals surface area contributed by atoms with Gasteiger partial charge in [-0.05, 0) is 72.6 Å². The van der Waals surface area contributed by atoms with E-state index in [0.29, 0.717) is 31.4 Å². The van der Waals surface area contributed by atoms with Crippen LogP contribution >= 0.6 is 0 Å². The minimum atomic E-state index is -3.85. The van der Waals surface area contributed by atoms with Crippen molar-refractivity contribution in [3.63, 3.8) is 0 Å². The van der Waals surface area contributed by atoms with Gasteiger partial charge in [0.05, 0.1) is 18.4 Å². The standard InChI is InChI=1S/C40H54N4O8S/c1-5-29-24-40(29,37(47)43-53(49,50)31-19-20-31)42-35(45)32-23-30-25-44(32)36(46)34(39(2,3)4)41-38(48)51-21-13-8-6-7-10-16-27-17-18-28(22-33(27)52-30)26-14-11-9-12-15-26/h9,11-12,14-15,17-18,22,29-32,34H,5-8,10,13,16,19-21,23-25H2,1-4H3,(H,41,48)(H,42,45)(H,43,47)/t29-,30+,32-,34+,40+/m0/s1. The van der Waals surface area contributed by atoms with E-state index in [2.05, 4.69) is 27.5 Å². The monoisotopic (exact) mass is 750 g/mol. The Labute approximate surface area is 313 Å². The van der Waals surface area contributed by atoms with Gasteiger partial charge in [0.2, 0.25) is 21.8 Å². The van der Waals surface area contributed by atoms with Gasteiger partial charge in [0, 0.05) is 6.42 Å². The molecule has 3 N–H and O–H groups in total. The smallest absolute Gasteiger partial charge is 0.407 e. The molecule has 2 aromatic rings. The van der Waals surface area contributed by atoms with E-state index in [4.69, 9.17) is 9.47 Å². The average molecular weight is 751 g/mol. The van der Waals surface area contributed by atoms with E-state index in [1.807, 2.05) is 64.1 Å². The third-order valence-electron chi connectivity index (χ3n) is 11.1. The molecular weight excluding hydrogens is 697 g/mol. The number of alkyl carbamates (subject to hydrolysis) is 1. The van der Waals surface area contributed by atoms with Gasteiger partial charge < -0.3 is 25.0 Å². The Kier molecular flexibility index (Phi) is 11.4. The molecule has 2 aromatic carbocycles. The van der Waals surface area contributed by atoms with Crippen LogP contribution < -0.4 is 20.1 Å². The number of carbonyl (C=O) groups excluding carboxylic acids is 4. The summed E-state index contributed by atoms with van der Waals surface area (Å²) in [6, 6.07) is 14.1. The Morgan fingerprint density at radius 2 is 1.70 bits per heavy atom. The fourth-order valence-corrected chi connectivity index (χ4v) is 8.98. The van der Waals surface area contributed by atoms with Crippen LogP contribution in [0.4, 0.5) is 4.79 Å². The van der Waals surface area contributed by atoms with Crippen LogP contribution in [0.5, 0.6) is 5.75 Å². The zero-order chi connectivity index (χ0) is 38.0. The third-order valence-corrected chi connectivity index (χ3v) is 12.9. The summed E-state index contributed by atoms with van der Waals surface area (Å²) in [5.74, 6) is -1.36. The molecule has 0 aromatic heterocycles. The highest BCUT2D eigenvalue weighted by molar-refractivity contribution is 7.91. The number of ether oxygens (including phenoxy) is 2. The summed E-state index contributed by atoms with van der Waals surface area (Å²) in [7, 11) is -3.85. The summed E-state index contributed by atoms with van der Waals surface area (Å²) in [6.07, 6.45) is 5.98. The average Bonchev–Trinajstić information content (AvgIpc) is 4.05. The van der Waals surface area contributed by atoms with E-state index in [9.17, 15) is 27.6 Å². The van der Waals surface area contributed by atoms with Gasteiger partial charge in [-0.3, -0.25) is 19.1 Å². The molecule has 2 aliphatic heterocycles. The topological polar surface area (TPSA) is 160 Å². The van der Waals surface area contributed by atoms with Crippen molar-refractivity contribution >= 4 is 33.8 Å². The molecule has 4 aliphatic rings. The van der Waals surface area contributed by atoms with Gasteiger partial charge >= 0.3 is 6.09 Å². The SMILES string of the molecule is CC[C@H]1C[C@]1(NC(=O)[C@@H]1C[C@@H]2CN1C(=O)[C@H](C(C)(C)C)NC(=O)OCCCCCCCc1ccc(-c3ccccc3)cc1O2)C(=O)NS(=O)(=O)C1CC1. The molecule has 2 bridgehead atoms. The van der Waals surface area contributed by atoms with Gasteiger partial charge in [-0.2, -0.15) is 0 Å². The highest BCUT2D eigenvalue weighted by atomic mass is 32.2. The molecule has 5 atom stereocenters. The van der Waals surface area contributed by atoms with Gasteiger partial charge in [-0.1, -0.05) is 95.8 Å². The van der Waals surface area contributed by atoms with Gasteiger partial charge in [0.25, 0.3) is 5.91 Å². The number of aryl methyl sites for hydroxylation is 1. The number of hydrogen-bond acceptors (Lipinski definition) is 8. The zero-order valence-electron chi connectivity index (χ0n) is 31.3. The summed E-state index contributed by atoms with van der Waals surface area (Å²) in [6.45, 7) is 7.67. The van der Waals surface area contributed by atoms with Crippen LogP contribution in [-0.2, 0) is 35.6 Å². The van der Waals surface area contributed by atoms with E-state index in [0.717, 1.165) is 48.8 Å². The van der Waals surface area contributed by atoms with Crippen LogP contribution in [0.1, 0.15) is 97.5 Å². The first-order valence-corrected chi connectivity index (χ1v) is 20.7. The van der Waals surface area contributed by atoms with Crippen molar-refractivity contribution in [2.45, 2.75) is 127 Å². The molecule has 3 fully saturated rings. The van der Waals surface area contributed by atoms with E-state index < -0.39 is 68.2 Å². The Bertz CT molecular complexity index is 1790. The number of cyclic esters (lactones) is 1. The fourth-order valence-electron chi connectivity index (χ4n) is 7.62. The van der Waals surface area contributed by atoms with Gasteiger partial charge in [-0.25, -0.2) is 13.2 Å². The van der Waals surface area contributed by atoms with E-state index in [1.165, 1.54) is 4.90 Å². The maximum Gasteiger partial charge on any atom is 0.407 e. The molecule has 288 valence electrons. The van der Waals surface area contributed by atoms with Crippen LogP contribution in [0.25, 0.3) is 11.1 Å². The number of nitrogens with zero attached hydrogens (tertiary/aromatic N) is 1. The normalized spacial score (nSPS) is 27.2. The summed E-state index contributed by atoms with van der Waals surface area (Å²) >= 11 is 0. The lowest BCUT2D eigenvalue weighted by Gasteiger charge is -2.35. The van der Waals surface area contributed by atoms with Crippen molar-refractivity contribution in [3.05, 3.63) is 54.1 Å². The van der Waals surface area contributed by atoms with Crippen LogP contribution in [0.3, 0.4) is 0 Å². The number of rotatable bonds is 7. The Hall–Kier alpha value is -4.13. The number of carbonyl (C=O) groups is 4. The zero-order valence-corrected chi connectivity index (χ0v) is 32.1. The molecule has 12 nitrogen and oxygen atoms in total. The lowest BCUT2D eigenvalue weighted by atomic mass is 9.85. The van der Waals surface area contributed by atoms with E-state index in [-0.39, 0.29) is 31.9 Å². The first-order chi connectivity index (χ1) is 25.2. The van der Waals surface area contributed by atoms with Crippen molar-refractivity contribution in [1.82, 2.24) is 20.3 Å². The van der Waals surface area contributed by atoms with Crippen molar-refractivity contribution in [3.8, 4) is 16.9 Å². The largest absolute Gasteiger partial charge is 0.488 e. The lowest BCUT2D eigenvalue weighted by Crippen LogP contribution is -2.60. The quantitative estimate of drug-likeness (QED) is 0.347. The lowest BCUT2D eigenvalue weighted by molar-refractivity contribution is -0.142. The summed E-state index contributed by atoms with van der Waals surface area (Å²) < 4.78 is 40.0. The molecule has 53 heavy (non-hydrogen) atoms. The highest BCUT2D eigenvalue weighted by Crippen LogP contribution is 2.47.